The first-order valence-corrected chi connectivity index (χ1v) is 22.0. The summed E-state index contributed by atoms with van der Waals surface area (Å²) in [4.78, 5) is 68.7. The molecular weight excluding hydrogens is 777 g/mol. The number of rotatable bonds is 18. The summed E-state index contributed by atoms with van der Waals surface area (Å²) in [6.45, 7) is 21.4. The topological polar surface area (TPSA) is 143 Å². The van der Waals surface area contributed by atoms with Crippen LogP contribution in [-0.2, 0) is 25.5 Å². The van der Waals surface area contributed by atoms with Crippen LogP contribution in [0.15, 0.2) is 18.0 Å². The quantitative estimate of drug-likeness (QED) is 0.0537. The number of hydrogen-bond donors (Lipinski definition) is 0. The number of aldehydes is 1. The van der Waals surface area contributed by atoms with Crippen LogP contribution in [0.5, 0.6) is 0 Å². The molecule has 3 aromatic rings. The normalized spacial score (nSPS) is 21.9. The number of carbonyl (C=O) groups is 4. The summed E-state index contributed by atoms with van der Waals surface area (Å²) in [5, 5.41) is 6.25. The van der Waals surface area contributed by atoms with Crippen LogP contribution in [0.2, 0.25) is 0 Å². The Balaban J connectivity index is 0.00000704. The van der Waals surface area contributed by atoms with E-state index in [9.17, 15) is 19.2 Å². The van der Waals surface area contributed by atoms with Crippen LogP contribution < -0.4 is 25.7 Å². The molecule has 0 amide bonds. The van der Waals surface area contributed by atoms with Crippen molar-refractivity contribution in [2.24, 2.45) is 35.5 Å². The third kappa shape index (κ3) is 9.98. The number of carbonyl (C=O) groups excluding carboxylic acids is 4. The molecule has 0 saturated carbocycles. The molecule has 6 rings (SSSR count). The number of ketones is 1. The number of ether oxygens (including phenoxy) is 2. The minimum Gasteiger partial charge on any atom is -0.664 e. The number of Topliss-reactive ketones (excluding diaryl/α,β-unsaturated/α-hetero) is 1. The molecule has 1 unspecified atom stereocenters. The second-order valence-corrected chi connectivity index (χ2v) is 17.7. The largest absolute Gasteiger partial charge is 2.00 e. The van der Waals surface area contributed by atoms with Crippen molar-refractivity contribution in [1.82, 2.24) is 15.0 Å². The number of methoxy groups -OCH3 is 1. The van der Waals surface area contributed by atoms with Gasteiger partial charge in [0.05, 0.1) is 13.7 Å². The molecule has 10 nitrogen and oxygen atoms in total. The summed E-state index contributed by atoms with van der Waals surface area (Å²) in [5.41, 5.74) is 7.71. The number of aromatic nitrogens is 3. The van der Waals surface area contributed by atoms with Gasteiger partial charge in [0, 0.05) is 17.5 Å². The van der Waals surface area contributed by atoms with Gasteiger partial charge in [-0.25, -0.2) is 0 Å². The van der Waals surface area contributed by atoms with Gasteiger partial charge in [0.15, 0.2) is 5.78 Å². The number of nitrogens with zero attached hydrogens (tertiary/aromatic N) is 4. The van der Waals surface area contributed by atoms with Crippen molar-refractivity contribution < 1.29 is 28.7 Å². The number of allylic oxidation sites excluding steroid dienone is 2. The van der Waals surface area contributed by atoms with Crippen LogP contribution in [0.3, 0.4) is 0 Å². The Hall–Kier alpha value is -4.35. The van der Waals surface area contributed by atoms with E-state index < -0.39 is 17.7 Å². The van der Waals surface area contributed by atoms with Crippen molar-refractivity contribution in [3.05, 3.63) is 90.1 Å². The number of esters is 2. The van der Waals surface area contributed by atoms with Gasteiger partial charge in [-0.15, -0.1) is 33.5 Å². The molecule has 3 aliphatic rings. The van der Waals surface area contributed by atoms with E-state index in [1.165, 1.54) is 39.2 Å². The Morgan fingerprint density at radius 2 is 1.52 bits per heavy atom. The Morgan fingerprint density at radius 3 is 2.16 bits per heavy atom. The van der Waals surface area contributed by atoms with E-state index in [0.717, 1.165) is 47.7 Å². The van der Waals surface area contributed by atoms with Crippen molar-refractivity contribution in [2.75, 3.05) is 13.7 Å². The van der Waals surface area contributed by atoms with Crippen molar-refractivity contribution in [3.63, 3.8) is 0 Å². The Bertz CT molecular complexity index is 2340. The van der Waals surface area contributed by atoms with Crippen LogP contribution in [-0.4, -0.2) is 60.8 Å². The molecule has 2 aliphatic heterocycles. The van der Waals surface area contributed by atoms with Gasteiger partial charge in [-0.3, -0.25) is 19.2 Å². The van der Waals surface area contributed by atoms with Crippen molar-refractivity contribution in [1.29, 1.82) is 0 Å². The zero-order chi connectivity index (χ0) is 43.4. The van der Waals surface area contributed by atoms with E-state index in [1.54, 1.807) is 12.2 Å². The molecule has 3 aromatic heterocycles. The number of hydrogen-bond acceptors (Lipinski definition) is 6. The maximum Gasteiger partial charge on any atom is 2.00 e. The predicted octanol–water partition coefficient (Wildman–Crippen LogP) is 8.14. The zero-order valence-corrected chi connectivity index (χ0v) is 39.2. The van der Waals surface area contributed by atoms with Crippen molar-refractivity contribution >= 4 is 76.9 Å². The molecule has 61 heavy (non-hydrogen) atoms. The predicted molar refractivity (Wildman–Crippen MR) is 242 cm³/mol. The Kier molecular flexibility index (Phi) is 16.2. The van der Waals surface area contributed by atoms with Crippen LogP contribution in [0.25, 0.3) is 35.2 Å². The molecule has 1 fully saturated rings. The van der Waals surface area contributed by atoms with Gasteiger partial charge in [0.1, 0.15) is 12.2 Å². The van der Waals surface area contributed by atoms with Gasteiger partial charge in [-0.1, -0.05) is 133 Å². The Labute approximate surface area is 377 Å². The van der Waals surface area contributed by atoms with E-state index in [1.807, 2.05) is 39.8 Å². The molecule has 322 valence electrons. The minimum absolute atomic E-state index is 0. The fourth-order valence-electron chi connectivity index (χ4n) is 9.30. The summed E-state index contributed by atoms with van der Waals surface area (Å²) < 4.78 is 11.0. The minimum atomic E-state index is -1.26. The van der Waals surface area contributed by atoms with Gasteiger partial charge in [-0.2, -0.15) is 11.4 Å². The summed E-state index contributed by atoms with van der Waals surface area (Å²) in [6, 6.07) is 0. The van der Waals surface area contributed by atoms with E-state index in [0.29, 0.717) is 92.5 Å². The molecule has 8 bridgehead atoms. The van der Waals surface area contributed by atoms with E-state index in [4.69, 9.17) is 29.7 Å². The maximum absolute atomic E-state index is 14.3. The van der Waals surface area contributed by atoms with E-state index in [2.05, 4.69) is 34.3 Å². The first-order valence-electron chi connectivity index (χ1n) is 22.0. The first kappa shape index (κ1) is 47.7. The van der Waals surface area contributed by atoms with E-state index in [-0.39, 0.29) is 47.3 Å². The Morgan fingerprint density at radius 1 is 0.869 bits per heavy atom. The summed E-state index contributed by atoms with van der Waals surface area (Å²) in [7, 11) is 1.27. The number of fused-ring (bicyclic) bond motifs is 7. The summed E-state index contributed by atoms with van der Waals surface area (Å²) >= 11 is 0. The van der Waals surface area contributed by atoms with Gasteiger partial charge in [0.2, 0.25) is 0 Å². The standard InChI is InChI=1S/C50H63N4O6.Mg/c1-11-33-30(7)37-23-38-31(8)35(19-20-43(56)60-22-21-29(6)18-14-17-28(5)16-13-15-27(3)4)47(53-38)45-46(50(58)59-10)49(57)44-32(9)39(54-48(44)45)24-41-34(12-2)36(26-55)42(52-41)25-40(33)51-37;/h11,23-29,31,35,46H,1,12-22H2,2-10H3,(H-,53,54,55,57);/q-3;+2/p-1/b38-23-,42-25-;/t28-,29?,31+,35+,46-;/m1./s1. The average Bonchev–Trinajstić information content (AvgIpc) is 3.96. The SMILES string of the molecule is C=Cc1c2[n-]c(c1C)/C=C1\[N-]/C(=C3\c4[n-]c(c(C)c4C(=O)[C@@H]3C(=O)OC)/C=c3\[n-]/c(c(C=O)c3CC)=C\2)[C@@H](CCC(=O)OCCC(C)CCC[C@H](C)CCCC(C)C)[C@@H]1C.[Mg+2]. The molecule has 0 radical (unpaired) electrons. The van der Waals surface area contributed by atoms with E-state index >= 15 is 0 Å². The molecule has 0 spiro atoms. The van der Waals surface area contributed by atoms with Crippen molar-refractivity contribution in [3.8, 4) is 0 Å². The third-order valence-electron chi connectivity index (χ3n) is 13.0. The third-order valence-corrected chi connectivity index (χ3v) is 13.0. The van der Waals surface area contributed by atoms with Gasteiger partial charge in [-0.05, 0) is 68.3 Å². The molecule has 5 atom stereocenters. The van der Waals surface area contributed by atoms with Gasteiger partial charge >= 0.3 is 35.0 Å². The van der Waals surface area contributed by atoms with Crippen LogP contribution in [0.1, 0.15) is 165 Å². The molecule has 0 N–H and O–H groups in total. The fraction of sp³-hybridized carbons (Fsp3) is 0.520. The average molecular weight is 839 g/mol. The summed E-state index contributed by atoms with van der Waals surface area (Å²) in [5.74, 6) is -1.24. The fourth-order valence-corrected chi connectivity index (χ4v) is 9.30. The first-order chi connectivity index (χ1) is 28.7. The van der Waals surface area contributed by atoms with Crippen LogP contribution >= 0.6 is 0 Å². The maximum atomic E-state index is 14.3. The van der Waals surface area contributed by atoms with Crippen LogP contribution in [0, 0.1) is 49.4 Å². The molecule has 11 heteroatoms. The second-order valence-electron chi connectivity index (χ2n) is 17.7. The van der Waals surface area contributed by atoms with Crippen LogP contribution in [0.4, 0.5) is 0 Å². The second kappa shape index (κ2) is 20.7. The molecule has 5 heterocycles. The van der Waals surface area contributed by atoms with Gasteiger partial charge < -0.3 is 29.7 Å². The monoisotopic (exact) mass is 838 g/mol. The van der Waals surface area contributed by atoms with Crippen molar-refractivity contribution in [2.45, 2.75) is 120 Å². The molecule has 1 saturated heterocycles. The van der Waals surface area contributed by atoms with Gasteiger partial charge in [0.25, 0.3) is 0 Å². The molecule has 0 aromatic carbocycles. The summed E-state index contributed by atoms with van der Waals surface area (Å²) in [6.07, 6.45) is 17.4. The molecular formula is C50H62MgN4O6-2. The molecule has 1 aliphatic carbocycles. The zero-order valence-electron chi connectivity index (χ0n) is 37.8. The smallest absolute Gasteiger partial charge is 0.664 e.